The molecule has 4 aliphatic heterocycles. The molecular weight excluding hydrogens is 628 g/mol. The van der Waals surface area contributed by atoms with Crippen LogP contribution < -0.4 is 11.1 Å². The molecule has 4 saturated heterocycles. The molecule has 0 aromatic carbocycles. The molecule has 0 bridgehead atoms. The largest absolute Gasteiger partial charge is 0.481 e. The fourth-order valence-corrected chi connectivity index (χ4v) is 8.99. The topological polar surface area (TPSA) is 186 Å². The first kappa shape index (κ1) is 43.7. The van der Waals surface area contributed by atoms with Gasteiger partial charge >= 0.3 is 5.97 Å². The highest BCUT2D eigenvalue weighted by atomic mass is 16.5. The highest BCUT2D eigenvalue weighted by molar-refractivity contribution is 5.79. The van der Waals surface area contributed by atoms with Crippen LogP contribution in [0.25, 0.3) is 0 Å². The number of aliphatic carboxylic acids is 1. The van der Waals surface area contributed by atoms with Crippen molar-refractivity contribution in [1.29, 1.82) is 0 Å². The number of carboxylic acids is 1. The molecule has 0 aromatic rings. The summed E-state index contributed by atoms with van der Waals surface area (Å²) in [6.07, 6.45) is 3.74. The van der Waals surface area contributed by atoms with Crippen molar-refractivity contribution in [3.8, 4) is 0 Å². The van der Waals surface area contributed by atoms with Crippen LogP contribution in [-0.2, 0) is 9.59 Å². The lowest BCUT2D eigenvalue weighted by Crippen LogP contribution is -2.61. The molecule has 0 aliphatic carbocycles. The van der Waals surface area contributed by atoms with Gasteiger partial charge in [-0.05, 0) is 149 Å². The average molecular weight is 701 g/mol. The highest BCUT2D eigenvalue weighted by Gasteiger charge is 2.54. The number of rotatable bonds is 3. The Balaban J connectivity index is 0.000000282. The standard InChI is InChI=1S/C18H35N3O3.C10H19NO3.C8H18N2O/c1-15(2)9-12(10-16(3,4)20(15)23)14(22)19-13-11-17(5,6)21(24)18(13,7)8;1-9(2)5-7(8(12)13)6-10(3,4)11(9)14;1-7(2)5-6(9)8(3,4)10(7)11/h12-13,23-24H,9-11H2,1-8H3,(H,19,22);7,14H,5-6H2,1-4H3,(H,12,13);6,11H,5,9H2,1-4H3. The van der Waals surface area contributed by atoms with Gasteiger partial charge in [0.25, 0.3) is 0 Å². The molecular formula is C36H72N6O7. The number of hydrogen-bond acceptors (Lipinski definition) is 11. The van der Waals surface area contributed by atoms with Crippen molar-refractivity contribution in [1.82, 2.24) is 25.6 Å². The highest BCUT2D eigenvalue weighted by Crippen LogP contribution is 2.43. The third kappa shape index (κ3) is 9.15. The fourth-order valence-electron chi connectivity index (χ4n) is 8.99. The number of carboxylic acid groups (broad SMARTS) is 1. The van der Waals surface area contributed by atoms with Crippen molar-refractivity contribution in [2.75, 3.05) is 0 Å². The van der Waals surface area contributed by atoms with Gasteiger partial charge in [-0.3, -0.25) is 9.59 Å². The molecule has 2 atom stereocenters. The quantitative estimate of drug-likeness (QED) is 0.197. The van der Waals surface area contributed by atoms with Gasteiger partial charge in [0.15, 0.2) is 0 Å². The van der Waals surface area contributed by atoms with E-state index in [4.69, 9.17) is 10.8 Å². The number of carbonyl (C=O) groups excluding carboxylic acids is 1. The first-order valence-corrected chi connectivity index (χ1v) is 17.8. The van der Waals surface area contributed by atoms with Crippen LogP contribution in [0.15, 0.2) is 0 Å². The van der Waals surface area contributed by atoms with Gasteiger partial charge in [0.05, 0.1) is 23.0 Å². The predicted molar refractivity (Wildman–Crippen MR) is 189 cm³/mol. The summed E-state index contributed by atoms with van der Waals surface area (Å²) in [4.78, 5) is 23.9. The summed E-state index contributed by atoms with van der Waals surface area (Å²) in [5.41, 5.74) is 2.70. The number of piperidine rings is 2. The van der Waals surface area contributed by atoms with Crippen LogP contribution in [-0.4, -0.2) is 114 Å². The maximum Gasteiger partial charge on any atom is 0.306 e. The maximum atomic E-state index is 12.9. The molecule has 288 valence electrons. The number of nitrogens with two attached hydrogens (primary N) is 1. The van der Waals surface area contributed by atoms with Gasteiger partial charge in [0.1, 0.15) is 0 Å². The van der Waals surface area contributed by atoms with Crippen molar-refractivity contribution in [2.24, 2.45) is 17.6 Å². The Bertz CT molecular complexity index is 1160. The van der Waals surface area contributed by atoms with Crippen molar-refractivity contribution in [2.45, 2.75) is 206 Å². The molecule has 2 unspecified atom stereocenters. The van der Waals surface area contributed by atoms with E-state index in [0.717, 1.165) is 6.42 Å². The predicted octanol–water partition coefficient (Wildman–Crippen LogP) is 5.48. The van der Waals surface area contributed by atoms with E-state index < -0.39 is 33.7 Å². The Labute approximate surface area is 296 Å². The monoisotopic (exact) mass is 701 g/mol. The van der Waals surface area contributed by atoms with E-state index in [-0.39, 0.29) is 46.4 Å². The van der Waals surface area contributed by atoms with E-state index in [9.17, 15) is 30.4 Å². The summed E-state index contributed by atoms with van der Waals surface area (Å²) >= 11 is 0. The molecule has 1 amide bonds. The van der Waals surface area contributed by atoms with Gasteiger partial charge in [0.2, 0.25) is 5.91 Å². The fraction of sp³-hybridized carbons (Fsp3) is 0.944. The maximum absolute atomic E-state index is 12.9. The summed E-state index contributed by atoms with van der Waals surface area (Å²) in [5.74, 6) is -1.25. The Morgan fingerprint density at radius 2 is 0.816 bits per heavy atom. The molecule has 13 nitrogen and oxygen atoms in total. The van der Waals surface area contributed by atoms with Crippen molar-refractivity contribution in [3.05, 3.63) is 0 Å². The number of carbonyl (C=O) groups is 2. The van der Waals surface area contributed by atoms with Crippen LogP contribution in [0.1, 0.15) is 149 Å². The van der Waals surface area contributed by atoms with Crippen molar-refractivity contribution >= 4 is 11.9 Å². The third-order valence-electron chi connectivity index (χ3n) is 11.7. The minimum absolute atomic E-state index is 0.0217. The van der Waals surface area contributed by atoms with Gasteiger partial charge in [0, 0.05) is 45.2 Å². The smallest absolute Gasteiger partial charge is 0.306 e. The Morgan fingerprint density at radius 1 is 0.510 bits per heavy atom. The lowest BCUT2D eigenvalue weighted by molar-refractivity contribution is -0.251. The molecule has 0 spiro atoms. The molecule has 0 saturated carbocycles. The first-order valence-electron chi connectivity index (χ1n) is 17.8. The van der Waals surface area contributed by atoms with E-state index in [1.807, 2.05) is 111 Å². The Morgan fingerprint density at radius 3 is 1.06 bits per heavy atom. The zero-order valence-corrected chi connectivity index (χ0v) is 33.5. The van der Waals surface area contributed by atoms with Gasteiger partial charge in [-0.25, -0.2) is 0 Å². The second-order valence-electron chi connectivity index (χ2n) is 20.1. The summed E-state index contributed by atoms with van der Waals surface area (Å²) < 4.78 is 0. The van der Waals surface area contributed by atoms with Crippen LogP contribution in [0.5, 0.6) is 0 Å². The van der Waals surface area contributed by atoms with Crippen molar-refractivity contribution in [3.63, 3.8) is 0 Å². The molecule has 49 heavy (non-hydrogen) atoms. The van der Waals surface area contributed by atoms with Crippen LogP contribution >= 0.6 is 0 Å². The second kappa shape index (κ2) is 13.9. The summed E-state index contributed by atoms with van der Waals surface area (Å²) in [7, 11) is 0. The number of hydroxylamine groups is 8. The van der Waals surface area contributed by atoms with Crippen LogP contribution in [0.3, 0.4) is 0 Å². The van der Waals surface area contributed by atoms with Gasteiger partial charge < -0.3 is 37.0 Å². The molecule has 4 heterocycles. The first-order chi connectivity index (χ1) is 21.6. The SMILES string of the molecule is CC1(C)CC(C(=O)NC2CC(C)(C)N(O)C2(C)C)CC(C)(C)N1O.CC1(C)CC(C(=O)O)CC(C)(C)N1O.CC1(C)CC(N)C(C)(C)N1O. The van der Waals surface area contributed by atoms with Crippen LogP contribution in [0.4, 0.5) is 0 Å². The molecule has 4 rings (SSSR count). The van der Waals surface area contributed by atoms with Crippen molar-refractivity contribution < 1.29 is 35.5 Å². The Kier molecular flexibility index (Phi) is 12.4. The summed E-state index contributed by atoms with van der Waals surface area (Å²) in [5, 5.41) is 58.0. The summed E-state index contributed by atoms with van der Waals surface area (Å²) in [6, 6.07) is -0.0501. The molecule has 0 aromatic heterocycles. The minimum Gasteiger partial charge on any atom is -0.481 e. The van der Waals surface area contributed by atoms with E-state index >= 15 is 0 Å². The number of hydrogen-bond donors (Lipinski definition) is 7. The van der Waals surface area contributed by atoms with E-state index in [1.54, 1.807) is 0 Å². The zero-order valence-electron chi connectivity index (χ0n) is 33.5. The lowest BCUT2D eigenvalue weighted by Gasteiger charge is -2.51. The number of nitrogens with zero attached hydrogens (tertiary/aromatic N) is 4. The van der Waals surface area contributed by atoms with Gasteiger partial charge in [-0.1, -0.05) is 0 Å². The zero-order chi connectivity index (χ0) is 38.7. The van der Waals surface area contributed by atoms with Gasteiger partial charge in [-0.2, -0.15) is 20.3 Å². The average Bonchev–Trinajstić information content (AvgIpc) is 3.16. The van der Waals surface area contributed by atoms with E-state index in [0.29, 0.717) is 32.1 Å². The molecule has 4 aliphatic rings. The van der Waals surface area contributed by atoms with Crippen LogP contribution in [0, 0.1) is 11.8 Å². The number of nitrogens with one attached hydrogen (secondary N) is 1. The molecule has 0 radical (unpaired) electrons. The Hall–Kier alpha value is -1.42. The normalized spacial score (nSPS) is 31.9. The molecule has 4 fully saturated rings. The summed E-state index contributed by atoms with van der Waals surface area (Å²) in [6.45, 7) is 31.1. The third-order valence-corrected chi connectivity index (χ3v) is 11.7. The van der Waals surface area contributed by atoms with E-state index in [1.165, 1.54) is 20.3 Å². The van der Waals surface area contributed by atoms with Crippen LogP contribution in [0.2, 0.25) is 0 Å². The lowest BCUT2D eigenvalue weighted by atomic mass is 9.74. The van der Waals surface area contributed by atoms with E-state index in [2.05, 4.69) is 5.32 Å². The van der Waals surface area contributed by atoms with Gasteiger partial charge in [-0.15, -0.1) is 0 Å². The second-order valence-corrected chi connectivity index (χ2v) is 20.1. The minimum atomic E-state index is -0.765. The molecule has 13 heteroatoms. The molecule has 8 N–H and O–H groups in total. The number of amides is 1.